The molecule has 0 unspecified atom stereocenters. The molecular formula is C19H24N4. The summed E-state index contributed by atoms with van der Waals surface area (Å²) in [6.45, 7) is 4.36. The maximum absolute atomic E-state index is 4.41. The van der Waals surface area contributed by atoms with Crippen LogP contribution in [0.4, 0.5) is 11.5 Å². The Hall–Kier alpha value is -2.36. The number of anilines is 2. The lowest BCUT2D eigenvalue weighted by Crippen LogP contribution is -2.23. The summed E-state index contributed by atoms with van der Waals surface area (Å²) in [4.78, 5) is 6.70. The van der Waals surface area contributed by atoms with Crippen LogP contribution >= 0.6 is 0 Å². The Bertz CT molecular complexity index is 626. The van der Waals surface area contributed by atoms with Gasteiger partial charge in [0.15, 0.2) is 0 Å². The minimum absolute atomic E-state index is 0.757. The van der Waals surface area contributed by atoms with Gasteiger partial charge in [-0.2, -0.15) is 5.10 Å². The molecule has 4 heteroatoms. The van der Waals surface area contributed by atoms with Crippen LogP contribution in [0, 0.1) is 0 Å². The van der Waals surface area contributed by atoms with Gasteiger partial charge in [0.05, 0.1) is 5.71 Å². The summed E-state index contributed by atoms with van der Waals surface area (Å²) < 4.78 is 0. The molecule has 1 aromatic carbocycles. The fourth-order valence-corrected chi connectivity index (χ4v) is 2.88. The number of rotatable bonds is 4. The molecular weight excluding hydrogens is 284 g/mol. The Morgan fingerprint density at radius 1 is 1.00 bits per heavy atom. The number of aromatic nitrogens is 1. The van der Waals surface area contributed by atoms with Crippen LogP contribution in [0.5, 0.6) is 0 Å². The fraction of sp³-hybridized carbons (Fsp3) is 0.368. The lowest BCUT2D eigenvalue weighted by molar-refractivity contribution is 0.726. The first-order valence-electron chi connectivity index (χ1n) is 8.40. The molecule has 4 nitrogen and oxygen atoms in total. The van der Waals surface area contributed by atoms with Gasteiger partial charge < -0.3 is 4.90 Å². The van der Waals surface area contributed by atoms with Crippen molar-refractivity contribution in [1.29, 1.82) is 0 Å². The molecule has 0 saturated carbocycles. The summed E-state index contributed by atoms with van der Waals surface area (Å²) in [7, 11) is 0. The lowest BCUT2D eigenvalue weighted by atomic mass is 10.1. The van der Waals surface area contributed by atoms with E-state index in [1.165, 1.54) is 44.5 Å². The first-order valence-corrected chi connectivity index (χ1v) is 8.40. The smallest absolute Gasteiger partial charge is 0.146 e. The SMILES string of the molecule is CC(=NNc1ccccn1)c1ccc(N2CCCCCC2)cc1. The molecule has 3 rings (SSSR count). The number of hydrogen-bond acceptors (Lipinski definition) is 4. The van der Waals surface area contributed by atoms with E-state index in [2.05, 4.69) is 44.7 Å². The molecule has 1 N–H and O–H groups in total. The Kier molecular flexibility index (Phi) is 5.25. The van der Waals surface area contributed by atoms with Gasteiger partial charge in [0, 0.05) is 25.0 Å². The zero-order chi connectivity index (χ0) is 15.9. The normalized spacial score (nSPS) is 16.0. The molecule has 23 heavy (non-hydrogen) atoms. The minimum Gasteiger partial charge on any atom is -0.372 e. The van der Waals surface area contributed by atoms with Gasteiger partial charge in [-0.25, -0.2) is 4.98 Å². The zero-order valence-electron chi connectivity index (χ0n) is 13.7. The van der Waals surface area contributed by atoms with E-state index < -0.39 is 0 Å². The molecule has 1 aliphatic heterocycles. The van der Waals surface area contributed by atoms with E-state index >= 15 is 0 Å². The van der Waals surface area contributed by atoms with Crippen molar-refractivity contribution in [2.75, 3.05) is 23.4 Å². The van der Waals surface area contributed by atoms with E-state index in [0.717, 1.165) is 17.1 Å². The van der Waals surface area contributed by atoms with Gasteiger partial charge in [-0.15, -0.1) is 0 Å². The molecule has 0 spiro atoms. The molecule has 1 saturated heterocycles. The van der Waals surface area contributed by atoms with Crippen molar-refractivity contribution < 1.29 is 0 Å². The average molecular weight is 308 g/mol. The Balaban J connectivity index is 1.66. The first-order chi connectivity index (χ1) is 11.3. The number of pyridine rings is 1. The second-order valence-corrected chi connectivity index (χ2v) is 5.97. The van der Waals surface area contributed by atoms with E-state index in [1.54, 1.807) is 6.20 Å². The van der Waals surface area contributed by atoms with Gasteiger partial charge in [-0.3, -0.25) is 5.43 Å². The first kappa shape index (κ1) is 15.5. The predicted molar refractivity (Wildman–Crippen MR) is 97.2 cm³/mol. The Morgan fingerprint density at radius 2 is 1.74 bits per heavy atom. The summed E-state index contributed by atoms with van der Waals surface area (Å²) in [5, 5.41) is 4.41. The van der Waals surface area contributed by atoms with Crippen LogP contribution in [0.3, 0.4) is 0 Å². The van der Waals surface area contributed by atoms with Crippen molar-refractivity contribution in [3.8, 4) is 0 Å². The van der Waals surface area contributed by atoms with Crippen LogP contribution in [-0.4, -0.2) is 23.8 Å². The molecule has 2 heterocycles. The van der Waals surface area contributed by atoms with E-state index in [-0.39, 0.29) is 0 Å². The number of nitrogens with one attached hydrogen (secondary N) is 1. The molecule has 1 aliphatic rings. The third-order valence-corrected chi connectivity index (χ3v) is 4.26. The molecule has 2 aromatic rings. The van der Waals surface area contributed by atoms with Gasteiger partial charge in [0.25, 0.3) is 0 Å². The molecule has 1 fully saturated rings. The highest BCUT2D eigenvalue weighted by atomic mass is 15.3. The predicted octanol–water partition coefficient (Wildman–Crippen LogP) is 4.30. The maximum atomic E-state index is 4.41. The second-order valence-electron chi connectivity index (χ2n) is 5.97. The highest BCUT2D eigenvalue weighted by molar-refractivity contribution is 5.99. The molecule has 0 amide bonds. The van der Waals surface area contributed by atoms with Crippen molar-refractivity contribution in [2.24, 2.45) is 5.10 Å². The van der Waals surface area contributed by atoms with Gasteiger partial charge in [0.2, 0.25) is 0 Å². The van der Waals surface area contributed by atoms with Crippen molar-refractivity contribution in [3.63, 3.8) is 0 Å². The number of hydrogen-bond donors (Lipinski definition) is 1. The van der Waals surface area contributed by atoms with Crippen LogP contribution in [0.25, 0.3) is 0 Å². The number of hydrazone groups is 1. The third kappa shape index (κ3) is 4.31. The number of nitrogens with zero attached hydrogens (tertiary/aromatic N) is 3. The molecule has 120 valence electrons. The fourth-order valence-electron chi connectivity index (χ4n) is 2.88. The molecule has 1 aromatic heterocycles. The third-order valence-electron chi connectivity index (χ3n) is 4.26. The highest BCUT2D eigenvalue weighted by Gasteiger charge is 2.09. The summed E-state index contributed by atoms with van der Waals surface area (Å²) in [5.74, 6) is 0.757. The van der Waals surface area contributed by atoms with Gasteiger partial charge in [-0.1, -0.05) is 31.0 Å². The van der Waals surface area contributed by atoms with Gasteiger partial charge in [0.1, 0.15) is 5.82 Å². The van der Waals surface area contributed by atoms with Gasteiger partial charge in [-0.05, 0) is 49.6 Å². The largest absolute Gasteiger partial charge is 0.372 e. The average Bonchev–Trinajstić information content (AvgIpc) is 2.90. The molecule has 0 aliphatic carbocycles. The quantitative estimate of drug-likeness (QED) is 0.676. The highest BCUT2D eigenvalue weighted by Crippen LogP contribution is 2.20. The lowest BCUT2D eigenvalue weighted by Gasteiger charge is -2.22. The second kappa shape index (κ2) is 7.77. The number of benzene rings is 1. The monoisotopic (exact) mass is 308 g/mol. The van der Waals surface area contributed by atoms with Crippen LogP contribution in [0.1, 0.15) is 38.2 Å². The standard InChI is InChI=1S/C19H24N4/c1-16(21-22-19-8-4-5-13-20-19)17-9-11-18(12-10-17)23-14-6-2-3-7-15-23/h4-5,8-13H,2-3,6-7,14-15H2,1H3,(H,20,22). The van der Waals surface area contributed by atoms with E-state index in [4.69, 9.17) is 0 Å². The summed E-state index contributed by atoms with van der Waals surface area (Å²) in [5.41, 5.74) is 6.40. The Morgan fingerprint density at radius 3 is 2.39 bits per heavy atom. The van der Waals surface area contributed by atoms with Crippen molar-refractivity contribution in [3.05, 3.63) is 54.2 Å². The van der Waals surface area contributed by atoms with E-state index in [0.29, 0.717) is 0 Å². The molecule has 0 radical (unpaired) electrons. The topological polar surface area (TPSA) is 40.5 Å². The Labute approximate surface area is 138 Å². The van der Waals surface area contributed by atoms with Crippen molar-refractivity contribution >= 4 is 17.2 Å². The van der Waals surface area contributed by atoms with Gasteiger partial charge >= 0.3 is 0 Å². The summed E-state index contributed by atoms with van der Waals surface area (Å²) in [6, 6.07) is 14.5. The molecule has 0 atom stereocenters. The van der Waals surface area contributed by atoms with E-state index in [9.17, 15) is 0 Å². The van der Waals surface area contributed by atoms with Crippen LogP contribution in [-0.2, 0) is 0 Å². The summed E-state index contributed by atoms with van der Waals surface area (Å²) >= 11 is 0. The zero-order valence-corrected chi connectivity index (χ0v) is 13.7. The molecule has 0 bridgehead atoms. The van der Waals surface area contributed by atoms with Crippen LogP contribution < -0.4 is 10.3 Å². The van der Waals surface area contributed by atoms with Crippen molar-refractivity contribution in [2.45, 2.75) is 32.6 Å². The maximum Gasteiger partial charge on any atom is 0.146 e. The van der Waals surface area contributed by atoms with Crippen LogP contribution in [0.2, 0.25) is 0 Å². The van der Waals surface area contributed by atoms with Crippen molar-refractivity contribution in [1.82, 2.24) is 4.98 Å². The summed E-state index contributed by atoms with van der Waals surface area (Å²) in [6.07, 6.45) is 7.08. The minimum atomic E-state index is 0.757. The van der Waals surface area contributed by atoms with Crippen LogP contribution in [0.15, 0.2) is 53.8 Å². The van der Waals surface area contributed by atoms with E-state index in [1.807, 2.05) is 25.1 Å².